The van der Waals surface area contributed by atoms with Gasteiger partial charge in [-0.1, -0.05) is 6.07 Å². The third kappa shape index (κ3) is 4.19. The molecule has 0 heterocycles. The van der Waals surface area contributed by atoms with Gasteiger partial charge >= 0.3 is 0 Å². The lowest BCUT2D eigenvalue weighted by Gasteiger charge is -2.09. The summed E-state index contributed by atoms with van der Waals surface area (Å²) in [5.41, 5.74) is 7.08. The van der Waals surface area contributed by atoms with Crippen LogP contribution in [0.3, 0.4) is 0 Å². The molecule has 0 aliphatic rings. The van der Waals surface area contributed by atoms with Gasteiger partial charge in [-0.05, 0) is 38.5 Å². The number of nitrogens with two attached hydrogens (primary N) is 1. The molecule has 1 amide bonds. The summed E-state index contributed by atoms with van der Waals surface area (Å²) in [6.45, 7) is 5.59. The molecule has 4 nitrogen and oxygen atoms in total. The number of carbonyl (C=O) groups is 1. The zero-order valence-electron chi connectivity index (χ0n) is 10.3. The van der Waals surface area contributed by atoms with Crippen LogP contribution in [0, 0.1) is 6.92 Å². The van der Waals surface area contributed by atoms with Crippen molar-refractivity contribution in [1.82, 2.24) is 5.32 Å². The number of hydrogen-bond acceptors (Lipinski definition) is 3. The molecule has 1 atom stereocenters. The molecule has 94 valence electrons. The van der Waals surface area contributed by atoms with E-state index in [2.05, 4.69) is 5.32 Å². The van der Waals surface area contributed by atoms with Crippen LogP contribution in [0.4, 0.5) is 5.69 Å². The minimum atomic E-state index is -1.34. The number of nitrogens with one attached hydrogen (secondary N) is 1. The van der Waals surface area contributed by atoms with E-state index in [9.17, 15) is 9.00 Å². The third-order valence-corrected chi connectivity index (χ3v) is 3.62. The minimum absolute atomic E-state index is 0.0253. The van der Waals surface area contributed by atoms with Gasteiger partial charge < -0.3 is 11.1 Å². The van der Waals surface area contributed by atoms with E-state index < -0.39 is 10.8 Å². The second kappa shape index (κ2) is 5.82. The average molecular weight is 254 g/mol. The van der Waals surface area contributed by atoms with Gasteiger partial charge in [-0.2, -0.15) is 0 Å². The summed E-state index contributed by atoms with van der Waals surface area (Å²) in [7, 11) is -1.34. The number of hydrogen-bond donors (Lipinski definition) is 2. The predicted octanol–water partition coefficient (Wildman–Crippen LogP) is 1.21. The summed E-state index contributed by atoms with van der Waals surface area (Å²) < 4.78 is 12.0. The summed E-state index contributed by atoms with van der Waals surface area (Å²) in [6.07, 6.45) is 0. The highest BCUT2D eigenvalue weighted by atomic mass is 32.2. The van der Waals surface area contributed by atoms with E-state index in [0.29, 0.717) is 10.6 Å². The molecule has 5 heteroatoms. The van der Waals surface area contributed by atoms with Gasteiger partial charge in [0, 0.05) is 16.6 Å². The van der Waals surface area contributed by atoms with Crippen molar-refractivity contribution in [3.8, 4) is 0 Å². The summed E-state index contributed by atoms with van der Waals surface area (Å²) >= 11 is 0. The van der Waals surface area contributed by atoms with Crippen LogP contribution in [-0.4, -0.2) is 21.9 Å². The van der Waals surface area contributed by atoms with Gasteiger partial charge in [0.25, 0.3) is 0 Å². The Kier molecular flexibility index (Phi) is 4.69. The van der Waals surface area contributed by atoms with Crippen molar-refractivity contribution in [3.05, 3.63) is 23.8 Å². The van der Waals surface area contributed by atoms with Crippen LogP contribution in [0.25, 0.3) is 0 Å². The van der Waals surface area contributed by atoms with Gasteiger partial charge in [0.15, 0.2) is 0 Å². The molecule has 1 rings (SSSR count). The summed E-state index contributed by atoms with van der Waals surface area (Å²) in [5.74, 6) is -0.234. The van der Waals surface area contributed by atoms with Crippen molar-refractivity contribution < 1.29 is 9.00 Å². The molecule has 1 aromatic carbocycles. The fourth-order valence-electron chi connectivity index (χ4n) is 1.42. The van der Waals surface area contributed by atoms with E-state index in [0.717, 1.165) is 5.56 Å². The Morgan fingerprint density at radius 1 is 1.47 bits per heavy atom. The molecular formula is C12H18N2O2S. The molecule has 3 N–H and O–H groups in total. The Morgan fingerprint density at radius 3 is 2.71 bits per heavy atom. The smallest absolute Gasteiger partial charge is 0.233 e. The SMILES string of the molecule is Cc1ccc(N)cc1S(=O)CC(=O)NC(C)C. The predicted molar refractivity (Wildman–Crippen MR) is 70.1 cm³/mol. The highest BCUT2D eigenvalue weighted by Crippen LogP contribution is 2.16. The molecule has 1 unspecified atom stereocenters. The van der Waals surface area contributed by atoms with Crippen molar-refractivity contribution >= 4 is 22.4 Å². The van der Waals surface area contributed by atoms with Crippen LogP contribution in [0.15, 0.2) is 23.1 Å². The maximum atomic E-state index is 12.0. The van der Waals surface area contributed by atoms with Crippen molar-refractivity contribution in [1.29, 1.82) is 0 Å². The highest BCUT2D eigenvalue weighted by Gasteiger charge is 2.13. The first-order chi connectivity index (χ1) is 7.90. The number of carbonyl (C=O) groups excluding carboxylic acids is 1. The molecule has 0 bridgehead atoms. The number of benzene rings is 1. The van der Waals surface area contributed by atoms with Gasteiger partial charge in [0.2, 0.25) is 5.91 Å². The Balaban J connectivity index is 2.76. The average Bonchev–Trinajstić information content (AvgIpc) is 2.20. The van der Waals surface area contributed by atoms with Crippen LogP contribution < -0.4 is 11.1 Å². The van der Waals surface area contributed by atoms with Crippen LogP contribution in [0.5, 0.6) is 0 Å². The molecule has 17 heavy (non-hydrogen) atoms. The fourth-order valence-corrected chi connectivity index (χ4v) is 2.59. The van der Waals surface area contributed by atoms with Crippen LogP contribution in [-0.2, 0) is 15.6 Å². The Morgan fingerprint density at radius 2 is 2.12 bits per heavy atom. The topological polar surface area (TPSA) is 72.2 Å². The lowest BCUT2D eigenvalue weighted by atomic mass is 10.2. The van der Waals surface area contributed by atoms with Gasteiger partial charge in [0.1, 0.15) is 5.75 Å². The summed E-state index contributed by atoms with van der Waals surface area (Å²) in [4.78, 5) is 12.1. The fraction of sp³-hybridized carbons (Fsp3) is 0.417. The normalized spacial score (nSPS) is 12.5. The van der Waals surface area contributed by atoms with E-state index in [1.54, 1.807) is 12.1 Å². The number of nitrogen functional groups attached to an aromatic ring is 1. The van der Waals surface area contributed by atoms with E-state index in [1.807, 2.05) is 26.8 Å². The molecule has 1 aromatic rings. The lowest BCUT2D eigenvalue weighted by Crippen LogP contribution is -2.33. The molecule has 0 aliphatic heterocycles. The minimum Gasteiger partial charge on any atom is -0.399 e. The van der Waals surface area contributed by atoms with Crippen molar-refractivity contribution in [2.75, 3.05) is 11.5 Å². The number of aryl methyl sites for hydroxylation is 1. The van der Waals surface area contributed by atoms with Gasteiger partial charge in [-0.3, -0.25) is 9.00 Å². The molecule has 0 radical (unpaired) electrons. The Labute approximate surface area is 104 Å². The van der Waals surface area contributed by atoms with Crippen LogP contribution in [0.2, 0.25) is 0 Å². The van der Waals surface area contributed by atoms with Crippen LogP contribution in [0.1, 0.15) is 19.4 Å². The molecular weight excluding hydrogens is 236 g/mol. The van der Waals surface area contributed by atoms with E-state index in [1.165, 1.54) is 0 Å². The first-order valence-corrected chi connectivity index (χ1v) is 6.76. The van der Waals surface area contributed by atoms with Crippen molar-refractivity contribution in [3.63, 3.8) is 0 Å². The number of rotatable bonds is 4. The van der Waals surface area contributed by atoms with Gasteiger partial charge in [-0.15, -0.1) is 0 Å². The highest BCUT2D eigenvalue weighted by molar-refractivity contribution is 7.85. The van der Waals surface area contributed by atoms with Crippen molar-refractivity contribution in [2.45, 2.75) is 31.7 Å². The first-order valence-electron chi connectivity index (χ1n) is 5.44. The van der Waals surface area contributed by atoms with Gasteiger partial charge in [-0.25, -0.2) is 0 Å². The standard InChI is InChI=1S/C12H18N2O2S/c1-8(2)14-12(15)7-17(16)11-6-10(13)5-4-9(11)3/h4-6,8H,7,13H2,1-3H3,(H,14,15). The molecule has 0 aromatic heterocycles. The van der Waals surface area contributed by atoms with E-state index in [-0.39, 0.29) is 17.7 Å². The van der Waals surface area contributed by atoms with Crippen LogP contribution >= 0.6 is 0 Å². The Hall–Kier alpha value is -1.36. The second-order valence-corrected chi connectivity index (χ2v) is 5.66. The monoisotopic (exact) mass is 254 g/mol. The molecule has 0 fully saturated rings. The molecule has 0 saturated heterocycles. The Bertz CT molecular complexity index is 444. The number of anilines is 1. The van der Waals surface area contributed by atoms with Gasteiger partial charge in [0.05, 0.1) is 10.8 Å². The zero-order valence-corrected chi connectivity index (χ0v) is 11.1. The quantitative estimate of drug-likeness (QED) is 0.793. The lowest BCUT2D eigenvalue weighted by molar-refractivity contribution is -0.119. The van der Waals surface area contributed by atoms with E-state index >= 15 is 0 Å². The van der Waals surface area contributed by atoms with Crippen molar-refractivity contribution in [2.24, 2.45) is 0 Å². The largest absolute Gasteiger partial charge is 0.399 e. The molecule has 0 spiro atoms. The second-order valence-electron chi connectivity index (χ2n) is 4.24. The zero-order chi connectivity index (χ0) is 13.0. The van der Waals surface area contributed by atoms with E-state index in [4.69, 9.17) is 5.73 Å². The third-order valence-electron chi connectivity index (χ3n) is 2.17. The maximum Gasteiger partial charge on any atom is 0.233 e. The first kappa shape index (κ1) is 13.7. The summed E-state index contributed by atoms with van der Waals surface area (Å²) in [5, 5.41) is 2.71. The number of amides is 1. The summed E-state index contributed by atoms with van der Waals surface area (Å²) in [6, 6.07) is 5.28. The maximum absolute atomic E-state index is 12.0. The molecule has 0 saturated carbocycles. The molecule has 0 aliphatic carbocycles.